The van der Waals surface area contributed by atoms with Crippen molar-refractivity contribution in [3.8, 4) is 11.3 Å². The highest BCUT2D eigenvalue weighted by molar-refractivity contribution is 6.31. The molecule has 0 aliphatic heterocycles. The maximum atomic E-state index is 14.8. The second kappa shape index (κ2) is 7.86. The van der Waals surface area contributed by atoms with Gasteiger partial charge >= 0.3 is 5.97 Å². The standard InChI is InChI=1S/C23H22ClF2N3O2/c1-31-23(30)20-12-4-2-11(3-5-12)14(20)7-19-17(25)8-18(26)21(29-19)16-10-28-22-15(16)6-13(24)9-27-22/h6,8-12,14,20H,2-5,7H2,1H3,(H,27,28)/t11?,12?,14-,20-/m0/s1. The van der Waals surface area contributed by atoms with Crippen molar-refractivity contribution in [1.29, 1.82) is 0 Å². The molecule has 2 atom stereocenters. The van der Waals surface area contributed by atoms with E-state index in [-0.39, 0.29) is 41.5 Å². The number of hydrogen-bond donors (Lipinski definition) is 1. The molecule has 0 aromatic carbocycles. The van der Waals surface area contributed by atoms with Crippen molar-refractivity contribution in [3.05, 3.63) is 46.9 Å². The van der Waals surface area contributed by atoms with Gasteiger partial charge in [0.05, 0.1) is 23.7 Å². The summed E-state index contributed by atoms with van der Waals surface area (Å²) in [6.07, 6.45) is 7.40. The highest BCUT2D eigenvalue weighted by Crippen LogP contribution is 2.50. The van der Waals surface area contributed by atoms with Crippen molar-refractivity contribution in [2.75, 3.05) is 7.11 Å². The minimum absolute atomic E-state index is 0.0438. The quantitative estimate of drug-likeness (QED) is 0.551. The van der Waals surface area contributed by atoms with E-state index >= 15 is 0 Å². The van der Waals surface area contributed by atoms with Gasteiger partial charge in [0.15, 0.2) is 5.82 Å². The Labute approximate surface area is 183 Å². The molecule has 3 fully saturated rings. The summed E-state index contributed by atoms with van der Waals surface area (Å²) in [5.41, 5.74) is 1.23. The number of carbonyl (C=O) groups excluding carboxylic acids is 1. The van der Waals surface area contributed by atoms with Crippen LogP contribution in [0.3, 0.4) is 0 Å². The molecular formula is C23H22ClF2N3O2. The first-order valence-electron chi connectivity index (χ1n) is 10.5. The molecule has 8 heteroatoms. The second-order valence-corrected chi connectivity index (χ2v) is 9.03. The summed E-state index contributed by atoms with van der Waals surface area (Å²) in [5, 5.41) is 1.02. The number of H-pyrrole nitrogens is 1. The fourth-order valence-electron chi connectivity index (χ4n) is 5.61. The number of fused-ring (bicyclic) bond motifs is 4. The van der Waals surface area contributed by atoms with E-state index in [1.54, 1.807) is 12.3 Å². The van der Waals surface area contributed by atoms with Crippen molar-refractivity contribution in [2.24, 2.45) is 23.7 Å². The van der Waals surface area contributed by atoms with Gasteiger partial charge in [0.1, 0.15) is 17.2 Å². The molecule has 3 aromatic heterocycles. The van der Waals surface area contributed by atoms with Crippen LogP contribution < -0.4 is 0 Å². The van der Waals surface area contributed by atoms with Gasteiger partial charge in [-0.05, 0) is 55.9 Å². The lowest BCUT2D eigenvalue weighted by atomic mass is 9.57. The third-order valence-corrected chi connectivity index (χ3v) is 7.26. The summed E-state index contributed by atoms with van der Waals surface area (Å²) < 4.78 is 34.6. The van der Waals surface area contributed by atoms with E-state index in [1.165, 1.54) is 13.3 Å². The first-order chi connectivity index (χ1) is 15.0. The molecule has 3 aliphatic rings. The fourth-order valence-corrected chi connectivity index (χ4v) is 5.76. The van der Waals surface area contributed by atoms with Gasteiger partial charge in [-0.15, -0.1) is 0 Å². The first kappa shape index (κ1) is 20.4. The third-order valence-electron chi connectivity index (χ3n) is 7.05. The van der Waals surface area contributed by atoms with E-state index in [9.17, 15) is 13.6 Å². The molecule has 3 aliphatic carbocycles. The van der Waals surface area contributed by atoms with Crippen molar-refractivity contribution in [1.82, 2.24) is 15.0 Å². The molecule has 0 unspecified atom stereocenters. The molecule has 5 nitrogen and oxygen atoms in total. The van der Waals surface area contributed by atoms with Gasteiger partial charge < -0.3 is 9.72 Å². The van der Waals surface area contributed by atoms with Crippen molar-refractivity contribution < 1.29 is 18.3 Å². The zero-order valence-corrected chi connectivity index (χ0v) is 17.8. The predicted octanol–water partition coefficient (Wildman–Crippen LogP) is 5.32. The molecule has 0 amide bonds. The Kier molecular flexibility index (Phi) is 5.16. The number of methoxy groups -OCH3 is 1. The number of carbonyl (C=O) groups is 1. The molecule has 0 saturated heterocycles. The number of pyridine rings is 2. The molecule has 1 N–H and O–H groups in total. The average Bonchev–Trinajstić information content (AvgIpc) is 3.18. The van der Waals surface area contributed by atoms with Gasteiger partial charge in [0.25, 0.3) is 0 Å². The molecule has 2 bridgehead atoms. The number of esters is 1. The maximum absolute atomic E-state index is 14.8. The molecule has 3 aromatic rings. The minimum atomic E-state index is -0.753. The van der Waals surface area contributed by atoms with Gasteiger partial charge in [0, 0.05) is 29.4 Å². The SMILES string of the molecule is COC(=O)[C@H]1C2CCC(CC2)[C@@H]1Cc1nc(-c2c[nH]c3ncc(Cl)cc23)c(F)cc1F. The third kappa shape index (κ3) is 3.49. The van der Waals surface area contributed by atoms with Crippen LogP contribution in [0.5, 0.6) is 0 Å². The highest BCUT2D eigenvalue weighted by atomic mass is 35.5. The lowest BCUT2D eigenvalue weighted by molar-refractivity contribution is -0.156. The van der Waals surface area contributed by atoms with Crippen LogP contribution in [0.25, 0.3) is 22.3 Å². The van der Waals surface area contributed by atoms with Crippen molar-refractivity contribution in [3.63, 3.8) is 0 Å². The number of nitrogens with one attached hydrogen (secondary N) is 1. The largest absolute Gasteiger partial charge is 0.469 e. The Morgan fingerprint density at radius 3 is 2.68 bits per heavy atom. The molecule has 0 spiro atoms. The van der Waals surface area contributed by atoms with E-state index in [2.05, 4.69) is 15.0 Å². The number of aromatic amines is 1. The molecule has 0 radical (unpaired) electrons. The normalized spacial score (nSPS) is 25.2. The summed E-state index contributed by atoms with van der Waals surface area (Å²) in [5.74, 6) is -1.42. The number of nitrogens with zero attached hydrogens (tertiary/aromatic N) is 2. The number of halogens is 3. The van der Waals surface area contributed by atoms with Gasteiger partial charge in [-0.2, -0.15) is 0 Å². The topological polar surface area (TPSA) is 67.9 Å². The summed E-state index contributed by atoms with van der Waals surface area (Å²) in [6.45, 7) is 0. The monoisotopic (exact) mass is 445 g/mol. The van der Waals surface area contributed by atoms with E-state index in [0.717, 1.165) is 31.7 Å². The van der Waals surface area contributed by atoms with Crippen LogP contribution in [0, 0.1) is 35.3 Å². The number of aromatic nitrogens is 3. The van der Waals surface area contributed by atoms with E-state index in [0.29, 0.717) is 27.5 Å². The molecular weight excluding hydrogens is 424 g/mol. The number of rotatable bonds is 4. The van der Waals surface area contributed by atoms with Crippen LogP contribution in [-0.2, 0) is 16.0 Å². The lowest BCUT2D eigenvalue weighted by Crippen LogP contribution is -2.45. The molecule has 31 heavy (non-hydrogen) atoms. The van der Waals surface area contributed by atoms with Gasteiger partial charge in [-0.1, -0.05) is 11.6 Å². The Bertz CT molecular complexity index is 1160. The zero-order chi connectivity index (χ0) is 21.7. The fraction of sp³-hybridized carbons (Fsp3) is 0.435. The zero-order valence-electron chi connectivity index (χ0n) is 17.0. The smallest absolute Gasteiger partial charge is 0.309 e. The Morgan fingerprint density at radius 2 is 1.94 bits per heavy atom. The Balaban J connectivity index is 1.54. The summed E-state index contributed by atoms with van der Waals surface area (Å²) in [4.78, 5) is 24.1. The Morgan fingerprint density at radius 1 is 1.19 bits per heavy atom. The van der Waals surface area contributed by atoms with Crippen molar-refractivity contribution >= 4 is 28.6 Å². The van der Waals surface area contributed by atoms with Crippen LogP contribution in [0.15, 0.2) is 24.5 Å². The Hall–Kier alpha value is -2.54. The van der Waals surface area contributed by atoms with E-state index in [4.69, 9.17) is 16.3 Å². The number of hydrogen-bond acceptors (Lipinski definition) is 4. The highest BCUT2D eigenvalue weighted by Gasteiger charge is 2.47. The molecule has 162 valence electrons. The van der Waals surface area contributed by atoms with Crippen LogP contribution in [0.2, 0.25) is 5.02 Å². The molecule has 3 saturated carbocycles. The minimum Gasteiger partial charge on any atom is -0.469 e. The van der Waals surface area contributed by atoms with Crippen LogP contribution in [-0.4, -0.2) is 28.0 Å². The van der Waals surface area contributed by atoms with Crippen LogP contribution in [0.4, 0.5) is 8.78 Å². The summed E-state index contributed by atoms with van der Waals surface area (Å²) >= 11 is 6.06. The van der Waals surface area contributed by atoms with Crippen molar-refractivity contribution in [2.45, 2.75) is 32.1 Å². The van der Waals surface area contributed by atoms with E-state index < -0.39 is 11.6 Å². The van der Waals surface area contributed by atoms with Gasteiger partial charge in [-0.3, -0.25) is 4.79 Å². The van der Waals surface area contributed by atoms with E-state index in [1.807, 2.05) is 0 Å². The van der Waals surface area contributed by atoms with Gasteiger partial charge in [0.2, 0.25) is 0 Å². The molecule has 3 heterocycles. The summed E-state index contributed by atoms with van der Waals surface area (Å²) in [7, 11) is 1.40. The maximum Gasteiger partial charge on any atom is 0.309 e. The van der Waals surface area contributed by atoms with Crippen LogP contribution in [0.1, 0.15) is 31.4 Å². The molecule has 6 rings (SSSR count). The van der Waals surface area contributed by atoms with Crippen LogP contribution >= 0.6 is 11.6 Å². The predicted molar refractivity (Wildman–Crippen MR) is 112 cm³/mol. The number of ether oxygens (including phenoxy) is 1. The second-order valence-electron chi connectivity index (χ2n) is 8.59. The average molecular weight is 446 g/mol. The summed E-state index contributed by atoms with van der Waals surface area (Å²) in [6, 6.07) is 2.55. The first-order valence-corrected chi connectivity index (χ1v) is 10.9. The lowest BCUT2D eigenvalue weighted by Gasteiger charge is -2.47. The van der Waals surface area contributed by atoms with Gasteiger partial charge in [-0.25, -0.2) is 18.7 Å².